The van der Waals surface area contributed by atoms with Gasteiger partial charge in [0, 0.05) is 16.5 Å². The van der Waals surface area contributed by atoms with Gasteiger partial charge >= 0.3 is 0 Å². The number of nitrogens with one attached hydrogen (secondary N) is 1. The molecule has 0 spiro atoms. The number of halogens is 1. The monoisotopic (exact) mass is 314 g/mol. The maximum atomic E-state index is 12.1. The Labute approximate surface area is 126 Å². The van der Waals surface area contributed by atoms with E-state index in [1.807, 2.05) is 26.0 Å². The number of amides is 1. The Balaban J connectivity index is 1.94. The summed E-state index contributed by atoms with van der Waals surface area (Å²) in [6.07, 6.45) is 0. The summed E-state index contributed by atoms with van der Waals surface area (Å²) in [5, 5.41) is 3.37. The van der Waals surface area contributed by atoms with Crippen molar-refractivity contribution in [3.63, 3.8) is 0 Å². The second-order valence-corrected chi connectivity index (χ2v) is 7.29. The highest BCUT2D eigenvalue weighted by atomic mass is 35.5. The van der Waals surface area contributed by atoms with Crippen LogP contribution in [-0.2, 0) is 4.79 Å². The molecule has 1 N–H and O–H groups in total. The number of hydrogen-bond donors (Lipinski definition) is 1. The van der Waals surface area contributed by atoms with Crippen LogP contribution in [0, 0.1) is 6.92 Å². The summed E-state index contributed by atoms with van der Waals surface area (Å²) in [4.78, 5) is 16.4. The van der Waals surface area contributed by atoms with Gasteiger partial charge in [0.1, 0.15) is 4.38 Å². The molecule has 0 saturated carbocycles. The summed E-state index contributed by atoms with van der Waals surface area (Å²) in [6, 6.07) is 5.53. The summed E-state index contributed by atoms with van der Waals surface area (Å²) in [5.74, 6) is 0.990. The van der Waals surface area contributed by atoms with E-state index >= 15 is 0 Å². The van der Waals surface area contributed by atoms with Crippen molar-refractivity contribution in [1.29, 1.82) is 0 Å². The molecule has 0 saturated heterocycles. The second-order valence-electron chi connectivity index (χ2n) is 4.21. The number of carbonyl (C=O) groups is 1. The third kappa shape index (κ3) is 4.16. The number of hydrogen-bond acceptors (Lipinski definition) is 4. The predicted molar refractivity (Wildman–Crippen MR) is 86.6 cm³/mol. The van der Waals surface area contributed by atoms with Gasteiger partial charge in [-0.15, -0.1) is 0 Å². The Morgan fingerprint density at radius 1 is 1.58 bits per heavy atom. The van der Waals surface area contributed by atoms with Crippen LogP contribution in [0.15, 0.2) is 23.2 Å². The van der Waals surface area contributed by atoms with Crippen LogP contribution in [0.5, 0.6) is 0 Å². The first kappa shape index (κ1) is 14.8. The van der Waals surface area contributed by atoms with Crippen LogP contribution in [-0.4, -0.2) is 27.8 Å². The van der Waals surface area contributed by atoms with Gasteiger partial charge in [-0.1, -0.05) is 41.2 Å². The lowest BCUT2D eigenvalue weighted by Crippen LogP contribution is -2.23. The molecule has 1 atom stereocenters. The van der Waals surface area contributed by atoms with Crippen molar-refractivity contribution >= 4 is 51.1 Å². The van der Waals surface area contributed by atoms with Gasteiger partial charge in [-0.3, -0.25) is 9.79 Å². The standard InChI is InChI=1S/C13H15ClN2OS2/c1-8-3-4-10(7-11(8)14)16-12(17)9(2)19-13-15-5-6-18-13/h3-4,7,9H,5-6H2,1-2H3,(H,16,17). The number of benzene rings is 1. The van der Waals surface area contributed by atoms with Crippen LogP contribution >= 0.6 is 35.1 Å². The van der Waals surface area contributed by atoms with Crippen molar-refractivity contribution < 1.29 is 4.79 Å². The van der Waals surface area contributed by atoms with Gasteiger partial charge in [-0.25, -0.2) is 0 Å². The molecule has 2 rings (SSSR count). The molecule has 1 amide bonds. The number of nitrogens with zero attached hydrogens (tertiary/aromatic N) is 1. The SMILES string of the molecule is Cc1ccc(NC(=O)C(C)SC2=NCCS2)cc1Cl. The molecule has 0 bridgehead atoms. The summed E-state index contributed by atoms with van der Waals surface area (Å²) in [7, 11) is 0. The molecule has 1 unspecified atom stereocenters. The molecule has 102 valence electrons. The molecule has 3 nitrogen and oxygen atoms in total. The van der Waals surface area contributed by atoms with E-state index in [0.717, 1.165) is 27.9 Å². The van der Waals surface area contributed by atoms with E-state index in [4.69, 9.17) is 11.6 Å². The van der Waals surface area contributed by atoms with E-state index in [-0.39, 0.29) is 11.2 Å². The number of rotatable bonds is 3. The highest BCUT2D eigenvalue weighted by Gasteiger charge is 2.19. The lowest BCUT2D eigenvalue weighted by molar-refractivity contribution is -0.115. The van der Waals surface area contributed by atoms with Gasteiger partial charge in [0.05, 0.1) is 11.8 Å². The van der Waals surface area contributed by atoms with Crippen molar-refractivity contribution in [3.8, 4) is 0 Å². The lowest BCUT2D eigenvalue weighted by atomic mass is 10.2. The first-order chi connectivity index (χ1) is 9.06. The Morgan fingerprint density at radius 3 is 3.00 bits per heavy atom. The zero-order valence-corrected chi connectivity index (χ0v) is 13.2. The van der Waals surface area contributed by atoms with Gasteiger partial charge in [-0.2, -0.15) is 0 Å². The number of thioether (sulfide) groups is 2. The number of aliphatic imine (C=N–C) groups is 1. The quantitative estimate of drug-likeness (QED) is 0.922. The average molecular weight is 315 g/mol. The molecule has 1 aromatic carbocycles. The smallest absolute Gasteiger partial charge is 0.237 e. The molecule has 0 aliphatic carbocycles. The van der Waals surface area contributed by atoms with Crippen LogP contribution in [0.1, 0.15) is 12.5 Å². The van der Waals surface area contributed by atoms with E-state index < -0.39 is 0 Å². The summed E-state index contributed by atoms with van der Waals surface area (Å²) < 4.78 is 1.00. The van der Waals surface area contributed by atoms with Gasteiger partial charge < -0.3 is 5.32 Å². The normalized spacial score (nSPS) is 16.1. The van der Waals surface area contributed by atoms with E-state index in [1.165, 1.54) is 11.8 Å². The molecule has 6 heteroatoms. The average Bonchev–Trinajstić information content (AvgIpc) is 2.86. The summed E-state index contributed by atoms with van der Waals surface area (Å²) >= 11 is 9.26. The van der Waals surface area contributed by atoms with Gasteiger partial charge in [0.15, 0.2) is 0 Å². The minimum absolute atomic E-state index is 0.0277. The maximum absolute atomic E-state index is 12.1. The first-order valence-electron chi connectivity index (χ1n) is 5.97. The highest BCUT2D eigenvalue weighted by molar-refractivity contribution is 8.39. The zero-order chi connectivity index (χ0) is 13.8. The van der Waals surface area contributed by atoms with Crippen molar-refractivity contribution in [2.75, 3.05) is 17.6 Å². The summed E-state index contributed by atoms with van der Waals surface area (Å²) in [5.41, 5.74) is 1.73. The molecular weight excluding hydrogens is 300 g/mol. The molecule has 1 aromatic rings. The highest BCUT2D eigenvalue weighted by Crippen LogP contribution is 2.27. The Bertz CT molecular complexity index is 519. The summed E-state index contributed by atoms with van der Waals surface area (Å²) in [6.45, 7) is 4.67. The molecule has 0 aromatic heterocycles. The van der Waals surface area contributed by atoms with E-state index in [9.17, 15) is 4.79 Å². The van der Waals surface area contributed by atoms with E-state index in [0.29, 0.717) is 5.02 Å². The molecular formula is C13H15ClN2OS2. The van der Waals surface area contributed by atoms with Gasteiger partial charge in [-0.05, 0) is 31.5 Å². The van der Waals surface area contributed by atoms with Crippen LogP contribution < -0.4 is 5.32 Å². The van der Waals surface area contributed by atoms with Gasteiger partial charge in [0.25, 0.3) is 0 Å². The Kier molecular flexibility index (Phi) is 5.19. The second kappa shape index (κ2) is 6.68. The van der Waals surface area contributed by atoms with Gasteiger partial charge in [0.2, 0.25) is 5.91 Å². The number of carbonyl (C=O) groups excluding carboxylic acids is 1. The van der Waals surface area contributed by atoms with E-state index in [1.54, 1.807) is 17.8 Å². The van der Waals surface area contributed by atoms with Crippen molar-refractivity contribution in [2.45, 2.75) is 19.1 Å². The molecule has 19 heavy (non-hydrogen) atoms. The third-order valence-corrected chi connectivity index (χ3v) is 5.35. The third-order valence-electron chi connectivity index (χ3n) is 2.64. The van der Waals surface area contributed by atoms with Crippen molar-refractivity contribution in [2.24, 2.45) is 4.99 Å². The minimum Gasteiger partial charge on any atom is -0.325 e. The minimum atomic E-state index is -0.163. The predicted octanol–water partition coefficient (Wildman–Crippen LogP) is 3.81. The molecule has 1 aliphatic rings. The van der Waals surface area contributed by atoms with Crippen LogP contribution in [0.2, 0.25) is 5.02 Å². The van der Waals surface area contributed by atoms with Crippen molar-refractivity contribution in [1.82, 2.24) is 0 Å². The first-order valence-corrected chi connectivity index (χ1v) is 8.21. The van der Waals surface area contributed by atoms with Crippen LogP contribution in [0.3, 0.4) is 0 Å². The lowest BCUT2D eigenvalue weighted by Gasteiger charge is -2.12. The number of aryl methyl sites for hydroxylation is 1. The van der Waals surface area contributed by atoms with Crippen molar-refractivity contribution in [3.05, 3.63) is 28.8 Å². The van der Waals surface area contributed by atoms with E-state index in [2.05, 4.69) is 10.3 Å². The number of anilines is 1. The van der Waals surface area contributed by atoms with Crippen LogP contribution in [0.4, 0.5) is 5.69 Å². The fourth-order valence-electron chi connectivity index (χ4n) is 1.51. The Hall–Kier alpha value is -0.650. The fraction of sp³-hybridized carbons (Fsp3) is 0.385. The Morgan fingerprint density at radius 2 is 2.37 bits per heavy atom. The zero-order valence-electron chi connectivity index (χ0n) is 10.8. The molecule has 0 fully saturated rings. The molecule has 1 heterocycles. The van der Waals surface area contributed by atoms with Crippen LogP contribution in [0.25, 0.3) is 0 Å². The largest absolute Gasteiger partial charge is 0.325 e. The molecule has 1 aliphatic heterocycles. The fourth-order valence-corrected chi connectivity index (χ4v) is 3.82. The maximum Gasteiger partial charge on any atom is 0.237 e. The topological polar surface area (TPSA) is 41.5 Å². The molecule has 0 radical (unpaired) electrons.